The highest BCUT2D eigenvalue weighted by atomic mass is 19.1. The third kappa shape index (κ3) is 2.59. The lowest BCUT2D eigenvalue weighted by Crippen LogP contribution is -1.97. The molecule has 0 spiro atoms. The number of nitrogens with zero attached hydrogens (tertiary/aromatic N) is 1. The first-order valence-electron chi connectivity index (χ1n) is 6.25. The zero-order valence-corrected chi connectivity index (χ0v) is 10.9. The maximum atomic E-state index is 13.9. The van der Waals surface area contributed by atoms with Crippen LogP contribution >= 0.6 is 0 Å². The average molecular weight is 266 g/mol. The van der Waals surface area contributed by atoms with Gasteiger partial charge in [-0.2, -0.15) is 0 Å². The molecule has 5 heteroatoms. The fourth-order valence-electron chi connectivity index (χ4n) is 2.18. The van der Waals surface area contributed by atoms with Crippen LogP contribution in [0.4, 0.5) is 14.6 Å². The molecule has 0 radical (unpaired) electrons. The number of rotatable bonds is 4. The molecule has 2 aromatic rings. The maximum absolute atomic E-state index is 13.9. The Morgan fingerprint density at radius 2 is 2.11 bits per heavy atom. The summed E-state index contributed by atoms with van der Waals surface area (Å²) in [6.07, 6.45) is 1.84. The van der Waals surface area contributed by atoms with Crippen molar-refractivity contribution in [3.8, 4) is 11.1 Å². The number of halogens is 2. The molecule has 0 aliphatic rings. The Hall–Kier alpha value is -1.91. The van der Waals surface area contributed by atoms with Crippen molar-refractivity contribution >= 4 is 5.82 Å². The molecule has 1 atom stereocenters. The van der Waals surface area contributed by atoms with E-state index in [0.717, 1.165) is 18.9 Å². The van der Waals surface area contributed by atoms with E-state index in [1.165, 1.54) is 12.1 Å². The molecule has 1 aromatic heterocycles. The molecule has 2 rings (SSSR count). The van der Waals surface area contributed by atoms with Crippen molar-refractivity contribution in [2.45, 2.75) is 32.6 Å². The number of anilines is 1. The number of nitrogens with two attached hydrogens (primary N) is 1. The van der Waals surface area contributed by atoms with Crippen LogP contribution in [0.1, 0.15) is 38.4 Å². The molecule has 0 fully saturated rings. The van der Waals surface area contributed by atoms with Gasteiger partial charge in [0.2, 0.25) is 0 Å². The van der Waals surface area contributed by atoms with E-state index >= 15 is 0 Å². The normalized spacial score (nSPS) is 12.6. The van der Waals surface area contributed by atoms with Crippen LogP contribution in [-0.2, 0) is 0 Å². The van der Waals surface area contributed by atoms with Gasteiger partial charge < -0.3 is 10.3 Å². The highest BCUT2D eigenvalue weighted by molar-refractivity contribution is 5.76. The largest absolute Gasteiger partial charge is 0.380 e. The van der Waals surface area contributed by atoms with Gasteiger partial charge >= 0.3 is 0 Å². The number of benzene rings is 1. The molecule has 0 bridgehead atoms. The summed E-state index contributed by atoms with van der Waals surface area (Å²) in [6.45, 7) is 4.02. The van der Waals surface area contributed by atoms with Gasteiger partial charge in [-0.15, -0.1) is 0 Å². The monoisotopic (exact) mass is 266 g/mol. The minimum absolute atomic E-state index is 0.0780. The van der Waals surface area contributed by atoms with Crippen LogP contribution in [0.5, 0.6) is 0 Å². The van der Waals surface area contributed by atoms with Gasteiger partial charge in [0.05, 0.1) is 5.56 Å². The Balaban J connectivity index is 2.52. The lowest BCUT2D eigenvalue weighted by molar-refractivity contribution is 0.362. The maximum Gasteiger partial charge on any atom is 0.175 e. The zero-order chi connectivity index (χ0) is 14.0. The van der Waals surface area contributed by atoms with Crippen LogP contribution in [0.25, 0.3) is 11.1 Å². The highest BCUT2D eigenvalue weighted by Gasteiger charge is 2.23. The van der Waals surface area contributed by atoms with Crippen LogP contribution in [0.15, 0.2) is 22.7 Å². The molecule has 2 N–H and O–H groups in total. The molecule has 0 saturated heterocycles. The average Bonchev–Trinajstić information content (AvgIpc) is 2.72. The van der Waals surface area contributed by atoms with Gasteiger partial charge in [-0.3, -0.25) is 0 Å². The van der Waals surface area contributed by atoms with Gasteiger partial charge in [0.1, 0.15) is 17.4 Å². The second-order valence-corrected chi connectivity index (χ2v) is 4.62. The molecule has 0 aliphatic heterocycles. The topological polar surface area (TPSA) is 52.0 Å². The van der Waals surface area contributed by atoms with Crippen LogP contribution in [-0.4, -0.2) is 5.16 Å². The van der Waals surface area contributed by atoms with Crippen LogP contribution in [0.3, 0.4) is 0 Å². The number of hydrogen-bond acceptors (Lipinski definition) is 3. The van der Waals surface area contributed by atoms with Crippen molar-refractivity contribution in [2.24, 2.45) is 0 Å². The van der Waals surface area contributed by atoms with E-state index in [9.17, 15) is 8.78 Å². The molecule has 3 nitrogen and oxygen atoms in total. The predicted molar refractivity (Wildman–Crippen MR) is 69.6 cm³/mol. The third-order valence-electron chi connectivity index (χ3n) is 3.11. The molecule has 1 aromatic carbocycles. The van der Waals surface area contributed by atoms with Gasteiger partial charge in [0.15, 0.2) is 5.82 Å². The predicted octanol–water partition coefficient (Wildman–Crippen LogP) is 4.11. The van der Waals surface area contributed by atoms with E-state index in [1.807, 2.05) is 13.8 Å². The van der Waals surface area contributed by atoms with Gasteiger partial charge in [0.25, 0.3) is 0 Å². The smallest absolute Gasteiger partial charge is 0.175 e. The van der Waals surface area contributed by atoms with Crippen molar-refractivity contribution in [3.05, 3.63) is 35.6 Å². The van der Waals surface area contributed by atoms with E-state index in [1.54, 1.807) is 0 Å². The Bertz CT molecular complexity index is 581. The summed E-state index contributed by atoms with van der Waals surface area (Å²) >= 11 is 0. The summed E-state index contributed by atoms with van der Waals surface area (Å²) in [4.78, 5) is 0. The number of hydrogen-bond donors (Lipinski definition) is 1. The highest BCUT2D eigenvalue weighted by Crippen LogP contribution is 2.37. The SMILES string of the molecule is CCCC(C)c1onc(N)c1-c1ccc(F)cc1F. The first kappa shape index (κ1) is 13.5. The van der Waals surface area contributed by atoms with Crippen molar-refractivity contribution in [2.75, 3.05) is 5.73 Å². The second-order valence-electron chi connectivity index (χ2n) is 4.62. The van der Waals surface area contributed by atoms with Gasteiger partial charge in [0, 0.05) is 17.5 Å². The molecule has 0 saturated carbocycles. The van der Waals surface area contributed by atoms with Crippen molar-refractivity contribution < 1.29 is 13.3 Å². The molecule has 1 unspecified atom stereocenters. The third-order valence-corrected chi connectivity index (χ3v) is 3.11. The Morgan fingerprint density at radius 1 is 1.37 bits per heavy atom. The Kier molecular flexibility index (Phi) is 3.83. The lowest BCUT2D eigenvalue weighted by Gasteiger charge is -2.09. The van der Waals surface area contributed by atoms with E-state index in [2.05, 4.69) is 5.16 Å². The fraction of sp³-hybridized carbons (Fsp3) is 0.357. The summed E-state index contributed by atoms with van der Waals surface area (Å²) in [5.41, 5.74) is 6.40. The standard InChI is InChI=1S/C14H16F2N2O/c1-3-4-8(2)13-12(14(17)18-19-13)10-6-5-9(15)7-11(10)16/h5-8H,3-4H2,1-2H3,(H2,17,18). The number of nitrogen functional groups attached to an aromatic ring is 1. The van der Waals surface area contributed by atoms with Crippen LogP contribution in [0, 0.1) is 11.6 Å². The van der Waals surface area contributed by atoms with Crippen molar-refractivity contribution in [1.82, 2.24) is 5.16 Å². The van der Waals surface area contributed by atoms with Crippen molar-refractivity contribution in [3.63, 3.8) is 0 Å². The summed E-state index contributed by atoms with van der Waals surface area (Å²) in [5.74, 6) is -0.540. The quantitative estimate of drug-likeness (QED) is 0.906. The van der Waals surface area contributed by atoms with Gasteiger partial charge in [-0.25, -0.2) is 8.78 Å². The van der Waals surface area contributed by atoms with Crippen LogP contribution < -0.4 is 5.73 Å². The van der Waals surface area contributed by atoms with E-state index in [-0.39, 0.29) is 17.3 Å². The van der Waals surface area contributed by atoms with Gasteiger partial charge in [-0.05, 0) is 18.6 Å². The Labute approximate surface area is 110 Å². The molecular formula is C14H16F2N2O. The second kappa shape index (κ2) is 5.38. The minimum Gasteiger partial charge on any atom is -0.380 e. The zero-order valence-electron chi connectivity index (χ0n) is 10.9. The minimum atomic E-state index is -0.667. The Morgan fingerprint density at radius 3 is 2.74 bits per heavy atom. The lowest BCUT2D eigenvalue weighted by atomic mass is 9.95. The summed E-state index contributed by atoms with van der Waals surface area (Å²) in [5, 5.41) is 3.70. The summed E-state index contributed by atoms with van der Waals surface area (Å²) < 4.78 is 32.0. The molecule has 102 valence electrons. The summed E-state index contributed by atoms with van der Waals surface area (Å²) in [7, 11) is 0. The van der Waals surface area contributed by atoms with Crippen molar-refractivity contribution in [1.29, 1.82) is 0 Å². The summed E-state index contributed by atoms with van der Waals surface area (Å²) in [6, 6.07) is 3.38. The molecule has 0 amide bonds. The molecule has 19 heavy (non-hydrogen) atoms. The number of aromatic nitrogens is 1. The first-order valence-corrected chi connectivity index (χ1v) is 6.25. The first-order chi connectivity index (χ1) is 9.04. The van der Waals surface area contributed by atoms with E-state index in [0.29, 0.717) is 11.3 Å². The molecule has 1 heterocycles. The van der Waals surface area contributed by atoms with Gasteiger partial charge in [-0.1, -0.05) is 25.4 Å². The van der Waals surface area contributed by atoms with E-state index < -0.39 is 11.6 Å². The van der Waals surface area contributed by atoms with E-state index in [4.69, 9.17) is 10.3 Å². The fourth-order valence-corrected chi connectivity index (χ4v) is 2.18. The van der Waals surface area contributed by atoms with Crippen LogP contribution in [0.2, 0.25) is 0 Å². The molecular weight excluding hydrogens is 250 g/mol. The molecule has 0 aliphatic carbocycles.